The van der Waals surface area contributed by atoms with Crippen molar-refractivity contribution in [1.29, 1.82) is 0 Å². The maximum Gasteiger partial charge on any atom is 0.416 e. The summed E-state index contributed by atoms with van der Waals surface area (Å²) in [5, 5.41) is 3.66. The number of nitrogens with one attached hydrogen (secondary N) is 1. The van der Waals surface area contributed by atoms with Crippen LogP contribution in [0.15, 0.2) is 53.6 Å². The largest absolute Gasteiger partial charge is 0.416 e. The highest BCUT2D eigenvalue weighted by Gasteiger charge is 2.32. The van der Waals surface area contributed by atoms with Crippen LogP contribution in [-0.2, 0) is 22.7 Å². The standard InChI is InChI=1S/C24H28F3N5O2S/c1-30(2)35(33,34)20-6-4-5-17(11-20)15-28-22-12-18(24(25,26)27)13-23-21(22)14-19(16-29-23)32-9-7-31(3)8-10-32/h4-6,11-14,16,28H,7-10,15H2,1-3H3. The van der Waals surface area contributed by atoms with Gasteiger partial charge in [-0.25, -0.2) is 12.7 Å². The molecule has 1 saturated heterocycles. The Morgan fingerprint density at radius 3 is 2.43 bits per heavy atom. The molecule has 7 nitrogen and oxygen atoms in total. The molecule has 188 valence electrons. The topological polar surface area (TPSA) is 68.8 Å². The van der Waals surface area contributed by atoms with Crippen molar-refractivity contribution in [2.45, 2.75) is 17.6 Å². The molecule has 0 bridgehead atoms. The number of hydrogen-bond acceptors (Lipinski definition) is 6. The van der Waals surface area contributed by atoms with Crippen LogP contribution in [0.2, 0.25) is 0 Å². The van der Waals surface area contributed by atoms with E-state index in [1.54, 1.807) is 18.3 Å². The van der Waals surface area contributed by atoms with Gasteiger partial charge in [0.1, 0.15) is 0 Å². The summed E-state index contributed by atoms with van der Waals surface area (Å²) in [5.74, 6) is 0. The summed E-state index contributed by atoms with van der Waals surface area (Å²) in [4.78, 5) is 8.86. The number of alkyl halides is 3. The van der Waals surface area contributed by atoms with Gasteiger partial charge in [-0.2, -0.15) is 13.2 Å². The van der Waals surface area contributed by atoms with Crippen molar-refractivity contribution in [3.05, 3.63) is 59.8 Å². The maximum absolute atomic E-state index is 13.6. The minimum absolute atomic E-state index is 0.120. The monoisotopic (exact) mass is 507 g/mol. The molecule has 1 N–H and O–H groups in total. The SMILES string of the molecule is CN1CCN(c2cnc3cc(C(F)(F)F)cc(NCc4cccc(S(=O)(=O)N(C)C)c4)c3c2)CC1. The fourth-order valence-corrected chi connectivity index (χ4v) is 4.96. The van der Waals surface area contributed by atoms with Gasteiger partial charge in [-0.15, -0.1) is 0 Å². The van der Waals surface area contributed by atoms with Crippen molar-refractivity contribution >= 4 is 32.3 Å². The van der Waals surface area contributed by atoms with E-state index >= 15 is 0 Å². The van der Waals surface area contributed by atoms with Crippen molar-refractivity contribution in [3.63, 3.8) is 0 Å². The zero-order chi connectivity index (χ0) is 25.4. The fourth-order valence-electron chi connectivity index (χ4n) is 3.99. The first-order valence-electron chi connectivity index (χ1n) is 11.1. The zero-order valence-corrected chi connectivity index (χ0v) is 20.6. The molecule has 0 atom stereocenters. The number of sulfonamides is 1. The van der Waals surface area contributed by atoms with Crippen molar-refractivity contribution in [2.24, 2.45) is 0 Å². The first kappa shape index (κ1) is 25.2. The summed E-state index contributed by atoms with van der Waals surface area (Å²) in [6, 6.07) is 10.4. The van der Waals surface area contributed by atoms with E-state index < -0.39 is 21.8 Å². The molecule has 1 aliphatic rings. The highest BCUT2D eigenvalue weighted by atomic mass is 32.2. The lowest BCUT2D eigenvalue weighted by Crippen LogP contribution is -2.44. The lowest BCUT2D eigenvalue weighted by Gasteiger charge is -2.34. The van der Waals surface area contributed by atoms with E-state index in [0.29, 0.717) is 16.6 Å². The molecule has 3 aromatic rings. The van der Waals surface area contributed by atoms with Crippen LogP contribution >= 0.6 is 0 Å². The quantitative estimate of drug-likeness (QED) is 0.547. The molecule has 1 aliphatic heterocycles. The number of likely N-dealkylation sites (N-methyl/N-ethyl adjacent to an activating group) is 1. The average molecular weight is 508 g/mol. The molecular weight excluding hydrogens is 479 g/mol. The Morgan fingerprint density at radius 2 is 1.77 bits per heavy atom. The van der Waals surface area contributed by atoms with E-state index in [1.165, 1.54) is 26.2 Å². The van der Waals surface area contributed by atoms with E-state index in [1.807, 2.05) is 6.07 Å². The number of benzene rings is 2. The lowest BCUT2D eigenvalue weighted by molar-refractivity contribution is -0.137. The second kappa shape index (κ2) is 9.63. The molecule has 0 saturated carbocycles. The predicted molar refractivity (Wildman–Crippen MR) is 131 cm³/mol. The Labute approximate surface area is 203 Å². The highest BCUT2D eigenvalue weighted by molar-refractivity contribution is 7.89. The van der Waals surface area contributed by atoms with Gasteiger partial charge in [0, 0.05) is 57.9 Å². The van der Waals surface area contributed by atoms with Gasteiger partial charge in [0.15, 0.2) is 0 Å². The van der Waals surface area contributed by atoms with Crippen LogP contribution < -0.4 is 10.2 Å². The van der Waals surface area contributed by atoms with Crippen molar-refractivity contribution in [3.8, 4) is 0 Å². The first-order chi connectivity index (χ1) is 16.4. The second-order valence-electron chi connectivity index (χ2n) is 8.86. The van der Waals surface area contributed by atoms with Gasteiger partial charge in [-0.05, 0) is 42.9 Å². The molecule has 11 heteroatoms. The normalized spacial score (nSPS) is 15.7. The summed E-state index contributed by atoms with van der Waals surface area (Å²) in [7, 11) is 1.31. The molecule has 35 heavy (non-hydrogen) atoms. The van der Waals surface area contributed by atoms with E-state index in [9.17, 15) is 21.6 Å². The van der Waals surface area contributed by atoms with Gasteiger partial charge in [0.05, 0.1) is 27.9 Å². The van der Waals surface area contributed by atoms with Crippen LogP contribution in [0.5, 0.6) is 0 Å². The number of rotatable bonds is 6. The first-order valence-corrected chi connectivity index (χ1v) is 12.6. The summed E-state index contributed by atoms with van der Waals surface area (Å²) >= 11 is 0. The Balaban J connectivity index is 1.69. The van der Waals surface area contributed by atoms with Crippen molar-refractivity contribution in [2.75, 3.05) is 57.5 Å². The molecule has 2 heterocycles. The third-order valence-electron chi connectivity index (χ3n) is 6.14. The Morgan fingerprint density at radius 1 is 1.06 bits per heavy atom. The number of halogens is 3. The summed E-state index contributed by atoms with van der Waals surface area (Å²) in [6.45, 7) is 3.54. The van der Waals surface area contributed by atoms with Crippen LogP contribution in [-0.4, -0.2) is 69.9 Å². The third kappa shape index (κ3) is 5.52. The van der Waals surface area contributed by atoms with Crippen LogP contribution in [0, 0.1) is 0 Å². The van der Waals surface area contributed by atoms with Gasteiger partial charge in [-0.3, -0.25) is 4.98 Å². The van der Waals surface area contributed by atoms with Gasteiger partial charge in [-0.1, -0.05) is 12.1 Å². The number of aromatic nitrogens is 1. The third-order valence-corrected chi connectivity index (χ3v) is 7.95. The fraction of sp³-hybridized carbons (Fsp3) is 0.375. The van der Waals surface area contributed by atoms with E-state index in [2.05, 4.69) is 27.1 Å². The van der Waals surface area contributed by atoms with Crippen molar-refractivity contribution in [1.82, 2.24) is 14.2 Å². The van der Waals surface area contributed by atoms with Gasteiger partial charge >= 0.3 is 6.18 Å². The molecule has 0 radical (unpaired) electrons. The number of hydrogen-bond donors (Lipinski definition) is 1. The molecule has 4 rings (SSSR count). The van der Waals surface area contributed by atoms with Gasteiger partial charge < -0.3 is 15.1 Å². The van der Waals surface area contributed by atoms with E-state index in [4.69, 9.17) is 0 Å². The molecule has 1 aromatic heterocycles. The summed E-state index contributed by atoms with van der Waals surface area (Å²) in [6.07, 6.45) is -2.91. The molecule has 0 unspecified atom stereocenters. The number of piperazine rings is 1. The van der Waals surface area contributed by atoms with Crippen molar-refractivity contribution < 1.29 is 21.6 Å². The molecular formula is C24H28F3N5O2S. The Bertz CT molecular complexity index is 1320. The van der Waals surface area contributed by atoms with E-state index in [0.717, 1.165) is 48.3 Å². The second-order valence-corrected chi connectivity index (χ2v) is 11.0. The maximum atomic E-state index is 13.6. The Kier molecular flexibility index (Phi) is 6.94. The smallest absolute Gasteiger partial charge is 0.380 e. The molecule has 2 aromatic carbocycles. The predicted octanol–water partition coefficient (Wildman–Crippen LogP) is 3.87. The number of anilines is 2. The number of fused-ring (bicyclic) bond motifs is 1. The van der Waals surface area contributed by atoms with Crippen LogP contribution in [0.4, 0.5) is 24.5 Å². The van der Waals surface area contributed by atoms with Gasteiger partial charge in [0.25, 0.3) is 0 Å². The molecule has 0 spiro atoms. The minimum Gasteiger partial charge on any atom is -0.380 e. The zero-order valence-electron chi connectivity index (χ0n) is 19.8. The average Bonchev–Trinajstić information content (AvgIpc) is 2.82. The molecule has 0 amide bonds. The number of pyridine rings is 1. The molecule has 0 aliphatic carbocycles. The molecule has 1 fully saturated rings. The Hall–Kier alpha value is -2.89. The van der Waals surface area contributed by atoms with E-state index in [-0.39, 0.29) is 17.0 Å². The number of nitrogens with zero attached hydrogens (tertiary/aromatic N) is 4. The van der Waals surface area contributed by atoms with Gasteiger partial charge in [0.2, 0.25) is 10.0 Å². The lowest BCUT2D eigenvalue weighted by atomic mass is 10.1. The minimum atomic E-state index is -4.53. The van der Waals surface area contributed by atoms with Crippen LogP contribution in [0.1, 0.15) is 11.1 Å². The highest BCUT2D eigenvalue weighted by Crippen LogP contribution is 2.36. The summed E-state index contributed by atoms with van der Waals surface area (Å²) in [5.41, 5.74) is 1.22. The summed E-state index contributed by atoms with van der Waals surface area (Å²) < 4.78 is 66.8. The van der Waals surface area contributed by atoms with Crippen LogP contribution in [0.3, 0.4) is 0 Å². The van der Waals surface area contributed by atoms with Crippen LogP contribution in [0.25, 0.3) is 10.9 Å².